The van der Waals surface area contributed by atoms with E-state index in [-0.39, 0.29) is 47.4 Å². The molecule has 5 aromatic rings. The first-order chi connectivity index (χ1) is 37.2. The van der Waals surface area contributed by atoms with E-state index in [4.69, 9.17) is 19.5 Å². The molecule has 0 bridgehead atoms. The maximum Gasteiger partial charge on any atom is 0.471 e. The molecule has 5 amide bonds. The Morgan fingerprint density at radius 3 is 2.31 bits per heavy atom. The lowest BCUT2D eigenvalue weighted by atomic mass is 9.90. The number of carbonyl (C=O) groups is 5. The summed E-state index contributed by atoms with van der Waals surface area (Å²) in [7, 11) is -3.46. The van der Waals surface area contributed by atoms with Crippen LogP contribution in [0.15, 0.2) is 67.1 Å². The van der Waals surface area contributed by atoms with Crippen molar-refractivity contribution in [1.82, 2.24) is 34.2 Å². The first kappa shape index (κ1) is 53.0. The Hall–Kier alpha value is -7.07. The number of piperazine rings is 1. The molecule has 0 saturated carbocycles. The molecule has 22 nitrogen and oxygen atoms in total. The van der Waals surface area contributed by atoms with Crippen molar-refractivity contribution >= 4 is 66.1 Å². The summed E-state index contributed by atoms with van der Waals surface area (Å²) in [6.45, 7) is 13.8. The third-order valence-corrected chi connectivity index (χ3v) is 16.8. The number of aliphatic hydroxyl groups excluding tert-OH is 1. The highest BCUT2D eigenvalue weighted by atomic mass is 31.2. The van der Waals surface area contributed by atoms with Crippen LogP contribution in [-0.4, -0.2) is 149 Å². The summed E-state index contributed by atoms with van der Waals surface area (Å²) >= 11 is 0. The number of amides is 5. The maximum absolute atomic E-state index is 14.1. The second-order valence-electron chi connectivity index (χ2n) is 22.1. The SMILES string of the molecule is COc1ncc(-c2ccnc(N3CCn4c(cc5c4CC(C)(C)C5)C3=O)c2C(C)O)cc1Nc1ccc(N2CCN(C3CCN(c4ccc5c(c4)C(=O)N(C4CCC(=O)N(COP(=O)(O)O)C4=O)C5=O)[C@H](C)C3)C[C@@H]2C)cn1. The number of nitrogens with one attached hydrogen (secondary N) is 1. The molecule has 5 aliphatic heterocycles. The van der Waals surface area contributed by atoms with Crippen LogP contribution in [0.5, 0.6) is 5.88 Å². The average molecular weight is 1090 g/mol. The number of rotatable bonds is 13. The van der Waals surface area contributed by atoms with E-state index < -0.39 is 50.3 Å². The minimum absolute atomic E-state index is 0.0985. The van der Waals surface area contributed by atoms with E-state index in [1.54, 1.807) is 43.5 Å². The van der Waals surface area contributed by atoms with E-state index in [1.165, 1.54) is 11.3 Å². The van der Waals surface area contributed by atoms with Crippen LogP contribution in [0.25, 0.3) is 11.1 Å². The zero-order chi connectivity index (χ0) is 55.1. The standard InChI is InChI=1S/C55H64N11O11P/c1-31-21-36(14-16-61(31)37-7-9-40-41(24-37)52(70)66(51(40)69)43-10-12-47(68)65(53(43)71)30-77-78(73,74)75)60-17-18-62(32(2)29-60)38-8-11-46(57-28-38)59-42-22-35(27-58-50(42)76-6)39-13-15-56-49(48(39)33(3)67)64-20-19-63-44(54(64)72)23-34-25-55(4,5)26-45(34)63/h7-9,11,13,15,22-24,27-28,31-33,36,43,67H,10,12,14,16-21,25-26,29-30H2,1-6H3,(H,57,59)(H2,73,74,75)/t31-,32+,33?,36?,43?/m1/s1. The Balaban J connectivity index is 0.717. The lowest BCUT2D eigenvalue weighted by Crippen LogP contribution is -2.58. The van der Waals surface area contributed by atoms with Gasteiger partial charge in [-0.1, -0.05) is 13.8 Å². The Morgan fingerprint density at radius 1 is 0.821 bits per heavy atom. The number of pyridine rings is 3. The molecule has 3 fully saturated rings. The van der Waals surface area contributed by atoms with Crippen LogP contribution in [0.4, 0.5) is 28.7 Å². The number of aromatic nitrogens is 4. The number of fused-ring (bicyclic) bond motifs is 4. The van der Waals surface area contributed by atoms with Gasteiger partial charge in [0.2, 0.25) is 11.8 Å². The Kier molecular flexibility index (Phi) is 13.8. The predicted octanol–water partition coefficient (Wildman–Crippen LogP) is 5.68. The summed E-state index contributed by atoms with van der Waals surface area (Å²) in [5.41, 5.74) is 7.85. The molecule has 4 N–H and O–H groups in total. The smallest absolute Gasteiger partial charge is 0.471 e. The zero-order valence-electron chi connectivity index (χ0n) is 44.5. The number of phosphoric acid groups is 1. The lowest BCUT2D eigenvalue weighted by Gasteiger charge is -2.48. The van der Waals surface area contributed by atoms with Gasteiger partial charge in [0.15, 0.2) is 0 Å². The number of hydrogen-bond donors (Lipinski definition) is 4. The van der Waals surface area contributed by atoms with Gasteiger partial charge in [0, 0.05) is 98.7 Å². The molecule has 5 atom stereocenters. The zero-order valence-corrected chi connectivity index (χ0v) is 45.4. The number of carbonyl (C=O) groups excluding carboxylic acids is 5. The summed E-state index contributed by atoms with van der Waals surface area (Å²) in [5, 5.41) is 14.7. The van der Waals surface area contributed by atoms with Crippen molar-refractivity contribution in [2.75, 3.05) is 66.6 Å². The lowest BCUT2D eigenvalue weighted by molar-refractivity contribution is -0.155. The first-order valence-corrected chi connectivity index (χ1v) is 28.0. The number of hydrogen-bond acceptors (Lipinski definition) is 16. The van der Waals surface area contributed by atoms with E-state index >= 15 is 0 Å². The predicted molar refractivity (Wildman–Crippen MR) is 287 cm³/mol. The van der Waals surface area contributed by atoms with Crippen molar-refractivity contribution in [2.24, 2.45) is 5.41 Å². The number of ether oxygens (including phenoxy) is 1. The van der Waals surface area contributed by atoms with E-state index in [2.05, 4.69) is 72.8 Å². The third-order valence-electron chi connectivity index (χ3n) is 16.4. The number of aliphatic hydroxyl groups is 1. The quantitative estimate of drug-likeness (QED) is 0.0817. The summed E-state index contributed by atoms with van der Waals surface area (Å²) in [6, 6.07) is 14.1. The number of piperidine rings is 2. The summed E-state index contributed by atoms with van der Waals surface area (Å²) in [5.74, 6) is -1.77. The largest absolute Gasteiger partial charge is 0.480 e. The normalized spacial score (nSPS) is 23.0. The molecule has 4 aromatic heterocycles. The fraction of sp³-hybridized carbons (Fsp3) is 0.455. The number of likely N-dealkylation sites (tertiary alicyclic amines) is 1. The highest BCUT2D eigenvalue weighted by Crippen LogP contribution is 2.43. The first-order valence-electron chi connectivity index (χ1n) is 26.5. The van der Waals surface area contributed by atoms with Gasteiger partial charge in [-0.3, -0.25) is 48.1 Å². The number of methoxy groups -OCH3 is 1. The topological polar surface area (TPSA) is 257 Å². The van der Waals surface area contributed by atoms with Gasteiger partial charge in [0.05, 0.1) is 36.2 Å². The van der Waals surface area contributed by atoms with Crippen molar-refractivity contribution in [2.45, 2.75) is 110 Å². The molecule has 9 heterocycles. The fourth-order valence-electron chi connectivity index (χ4n) is 12.7. The van der Waals surface area contributed by atoms with Crippen LogP contribution >= 0.6 is 7.82 Å². The van der Waals surface area contributed by atoms with Crippen molar-refractivity contribution in [3.8, 4) is 17.0 Å². The van der Waals surface area contributed by atoms with Crippen molar-refractivity contribution < 1.29 is 52.7 Å². The molecule has 11 rings (SSSR count). The number of imide groups is 2. The molecule has 0 radical (unpaired) electrons. The molecular weight excluding hydrogens is 1020 g/mol. The summed E-state index contributed by atoms with van der Waals surface area (Å²) in [4.78, 5) is 110. The van der Waals surface area contributed by atoms with Gasteiger partial charge in [0.25, 0.3) is 23.6 Å². The molecule has 1 aliphatic carbocycles. The van der Waals surface area contributed by atoms with Gasteiger partial charge in [-0.2, -0.15) is 0 Å². The minimum Gasteiger partial charge on any atom is -0.480 e. The van der Waals surface area contributed by atoms with Gasteiger partial charge in [-0.15, -0.1) is 0 Å². The maximum atomic E-state index is 14.1. The van der Waals surface area contributed by atoms with Crippen molar-refractivity contribution in [3.63, 3.8) is 0 Å². The van der Waals surface area contributed by atoms with Gasteiger partial charge in [0.1, 0.15) is 35.8 Å². The van der Waals surface area contributed by atoms with Crippen LogP contribution < -0.4 is 24.8 Å². The van der Waals surface area contributed by atoms with E-state index in [0.29, 0.717) is 76.2 Å². The number of anilines is 5. The minimum atomic E-state index is -5.01. The summed E-state index contributed by atoms with van der Waals surface area (Å²) < 4.78 is 23.5. The Morgan fingerprint density at radius 2 is 1.59 bits per heavy atom. The van der Waals surface area contributed by atoms with Crippen LogP contribution in [0.2, 0.25) is 0 Å². The molecule has 3 unspecified atom stereocenters. The van der Waals surface area contributed by atoms with Gasteiger partial charge >= 0.3 is 7.82 Å². The molecule has 1 aromatic carbocycles. The number of nitrogens with zero attached hydrogens (tertiary/aromatic N) is 10. The van der Waals surface area contributed by atoms with Crippen molar-refractivity contribution in [3.05, 3.63) is 101 Å². The van der Waals surface area contributed by atoms with E-state index in [0.717, 1.165) is 61.6 Å². The fourth-order valence-corrected chi connectivity index (χ4v) is 12.9. The monoisotopic (exact) mass is 1090 g/mol. The Labute approximate surface area is 451 Å². The van der Waals surface area contributed by atoms with Crippen LogP contribution in [-0.2, 0) is 38.1 Å². The summed E-state index contributed by atoms with van der Waals surface area (Å²) in [6.07, 6.45) is 7.55. The van der Waals surface area contributed by atoms with E-state index in [1.807, 2.05) is 36.5 Å². The second-order valence-corrected chi connectivity index (χ2v) is 23.4. The molecule has 6 aliphatic rings. The van der Waals surface area contributed by atoms with E-state index in [9.17, 15) is 33.6 Å². The number of benzene rings is 1. The van der Waals surface area contributed by atoms with Crippen LogP contribution in [0, 0.1) is 5.41 Å². The molecular formula is C55H64N11O11P. The number of phosphoric ester groups is 1. The third kappa shape index (κ3) is 9.72. The van der Waals surface area contributed by atoms with Gasteiger partial charge in [-0.25, -0.2) is 19.5 Å². The van der Waals surface area contributed by atoms with Crippen molar-refractivity contribution in [1.29, 1.82) is 0 Å². The van der Waals surface area contributed by atoms with Gasteiger partial charge in [-0.05, 0) is 118 Å². The molecule has 78 heavy (non-hydrogen) atoms. The highest BCUT2D eigenvalue weighted by molar-refractivity contribution is 7.46. The highest BCUT2D eigenvalue weighted by Gasteiger charge is 2.48. The average Bonchev–Trinajstić information content (AvgIpc) is 4.04. The molecule has 0 spiro atoms. The van der Waals surface area contributed by atoms with Crippen LogP contribution in [0.3, 0.4) is 0 Å². The molecule has 3 saturated heterocycles. The second kappa shape index (κ2) is 20.3. The Bertz CT molecular complexity index is 3310. The molecule has 410 valence electrons. The molecule has 23 heteroatoms. The van der Waals surface area contributed by atoms with Crippen LogP contribution in [0.1, 0.15) is 114 Å². The van der Waals surface area contributed by atoms with Gasteiger partial charge < -0.3 is 39.3 Å².